The molecule has 0 aliphatic rings. The zero-order chi connectivity index (χ0) is 15.4. The van der Waals surface area contributed by atoms with Crippen LogP contribution >= 0.6 is 0 Å². The number of carbonyl (C=O) groups is 2. The quantitative estimate of drug-likeness (QED) is 0.848. The summed E-state index contributed by atoms with van der Waals surface area (Å²) < 4.78 is 1.82. The second-order valence-electron chi connectivity index (χ2n) is 5.28. The Balaban J connectivity index is 2.68. The fourth-order valence-electron chi connectivity index (χ4n) is 2.26. The summed E-state index contributed by atoms with van der Waals surface area (Å²) >= 11 is 0. The van der Waals surface area contributed by atoms with Gasteiger partial charge in [-0.1, -0.05) is 6.92 Å². The Morgan fingerprint density at radius 2 is 2.00 bits per heavy atom. The van der Waals surface area contributed by atoms with Crippen molar-refractivity contribution in [1.82, 2.24) is 14.7 Å². The third-order valence-corrected chi connectivity index (χ3v) is 3.63. The van der Waals surface area contributed by atoms with E-state index in [0.29, 0.717) is 6.42 Å². The number of carboxylic acid groups (broad SMARTS) is 1. The van der Waals surface area contributed by atoms with Crippen molar-refractivity contribution in [2.45, 2.75) is 33.6 Å². The molecule has 20 heavy (non-hydrogen) atoms. The van der Waals surface area contributed by atoms with Crippen LogP contribution in [0.4, 0.5) is 0 Å². The van der Waals surface area contributed by atoms with Gasteiger partial charge in [0.15, 0.2) is 0 Å². The molecule has 1 unspecified atom stereocenters. The Kier molecular flexibility index (Phi) is 5.30. The Hall–Kier alpha value is -1.85. The van der Waals surface area contributed by atoms with E-state index in [4.69, 9.17) is 5.11 Å². The third-order valence-electron chi connectivity index (χ3n) is 3.63. The Morgan fingerprint density at radius 3 is 2.45 bits per heavy atom. The molecule has 1 atom stereocenters. The van der Waals surface area contributed by atoms with Gasteiger partial charge in [0.25, 0.3) is 0 Å². The number of aliphatic carboxylic acids is 1. The first-order chi connectivity index (χ1) is 9.23. The first-order valence-electron chi connectivity index (χ1n) is 6.69. The molecule has 0 saturated heterocycles. The lowest BCUT2D eigenvalue weighted by Crippen LogP contribution is -2.34. The summed E-state index contributed by atoms with van der Waals surface area (Å²) in [6.45, 7) is 6.03. The van der Waals surface area contributed by atoms with Crippen molar-refractivity contribution in [2.75, 3.05) is 13.6 Å². The molecule has 0 aromatic carbocycles. The average Bonchev–Trinajstić information content (AvgIpc) is 2.61. The number of aryl methyl sites for hydroxylation is 2. The lowest BCUT2D eigenvalue weighted by Gasteiger charge is -2.20. The van der Waals surface area contributed by atoms with Crippen molar-refractivity contribution >= 4 is 11.9 Å². The standard InChI is InChI=1S/C14H23N3O3/c1-9(14(20)16(4)7-6-13(18)19)8-12-10(2)15-17(5)11(12)3/h9H,6-8H2,1-5H3,(H,18,19). The van der Waals surface area contributed by atoms with E-state index in [1.807, 2.05) is 32.5 Å². The van der Waals surface area contributed by atoms with Crippen LogP contribution in [0.2, 0.25) is 0 Å². The number of hydrogen-bond donors (Lipinski definition) is 1. The predicted molar refractivity (Wildman–Crippen MR) is 75.4 cm³/mol. The van der Waals surface area contributed by atoms with Crippen LogP contribution < -0.4 is 0 Å². The molecule has 1 heterocycles. The van der Waals surface area contributed by atoms with Gasteiger partial charge < -0.3 is 10.0 Å². The van der Waals surface area contributed by atoms with Crippen molar-refractivity contribution in [1.29, 1.82) is 0 Å². The van der Waals surface area contributed by atoms with Gasteiger partial charge in [0.1, 0.15) is 0 Å². The molecule has 1 rings (SSSR count). The number of rotatable bonds is 6. The molecular weight excluding hydrogens is 258 g/mol. The number of amides is 1. The molecule has 112 valence electrons. The fourth-order valence-corrected chi connectivity index (χ4v) is 2.26. The van der Waals surface area contributed by atoms with E-state index in [0.717, 1.165) is 17.0 Å². The smallest absolute Gasteiger partial charge is 0.305 e. The molecule has 0 saturated carbocycles. The highest BCUT2D eigenvalue weighted by Gasteiger charge is 2.21. The zero-order valence-electron chi connectivity index (χ0n) is 12.8. The van der Waals surface area contributed by atoms with Crippen molar-refractivity contribution < 1.29 is 14.7 Å². The van der Waals surface area contributed by atoms with E-state index in [1.54, 1.807) is 7.05 Å². The maximum absolute atomic E-state index is 12.2. The maximum Gasteiger partial charge on any atom is 0.305 e. The van der Waals surface area contributed by atoms with Crippen LogP contribution in [-0.4, -0.2) is 45.3 Å². The average molecular weight is 281 g/mol. The molecule has 0 radical (unpaired) electrons. The molecule has 0 aliphatic heterocycles. The van der Waals surface area contributed by atoms with Gasteiger partial charge in [-0.2, -0.15) is 5.10 Å². The second kappa shape index (κ2) is 6.54. The summed E-state index contributed by atoms with van der Waals surface area (Å²) in [5.74, 6) is -1.11. The first kappa shape index (κ1) is 16.2. The largest absolute Gasteiger partial charge is 0.481 e. The highest BCUT2D eigenvalue weighted by molar-refractivity contribution is 5.79. The number of aromatic nitrogens is 2. The number of carbonyl (C=O) groups excluding carboxylic acids is 1. The summed E-state index contributed by atoms with van der Waals surface area (Å²) in [5.41, 5.74) is 3.10. The Morgan fingerprint density at radius 1 is 1.40 bits per heavy atom. The van der Waals surface area contributed by atoms with E-state index in [9.17, 15) is 9.59 Å². The van der Waals surface area contributed by atoms with Crippen LogP contribution in [0.15, 0.2) is 0 Å². The lowest BCUT2D eigenvalue weighted by molar-refractivity contribution is -0.138. The highest BCUT2D eigenvalue weighted by atomic mass is 16.4. The van der Waals surface area contributed by atoms with Crippen LogP contribution in [0, 0.1) is 19.8 Å². The first-order valence-corrected chi connectivity index (χ1v) is 6.69. The molecule has 1 aromatic heterocycles. The van der Waals surface area contributed by atoms with Crippen molar-refractivity contribution in [3.05, 3.63) is 17.0 Å². The van der Waals surface area contributed by atoms with Crippen LogP contribution in [0.5, 0.6) is 0 Å². The summed E-state index contributed by atoms with van der Waals surface area (Å²) in [4.78, 5) is 24.2. The van der Waals surface area contributed by atoms with Gasteiger partial charge in [-0.3, -0.25) is 14.3 Å². The molecule has 6 heteroatoms. The van der Waals surface area contributed by atoms with E-state index in [2.05, 4.69) is 5.10 Å². The Bertz CT molecular complexity index is 508. The lowest BCUT2D eigenvalue weighted by atomic mass is 9.98. The van der Waals surface area contributed by atoms with Crippen LogP contribution in [0.3, 0.4) is 0 Å². The normalized spacial score (nSPS) is 12.2. The van der Waals surface area contributed by atoms with Gasteiger partial charge in [-0.25, -0.2) is 0 Å². The minimum absolute atomic E-state index is 0.0279. The maximum atomic E-state index is 12.2. The van der Waals surface area contributed by atoms with Crippen molar-refractivity contribution in [3.8, 4) is 0 Å². The molecule has 1 aromatic rings. The summed E-state index contributed by atoms with van der Waals surface area (Å²) in [6.07, 6.45) is 0.599. The van der Waals surface area contributed by atoms with Gasteiger partial charge >= 0.3 is 5.97 Å². The minimum atomic E-state index is -0.892. The molecular formula is C14H23N3O3. The summed E-state index contributed by atoms with van der Waals surface area (Å²) in [6, 6.07) is 0. The molecule has 0 aliphatic carbocycles. The van der Waals surface area contributed by atoms with Gasteiger partial charge in [0.05, 0.1) is 12.1 Å². The summed E-state index contributed by atoms with van der Waals surface area (Å²) in [5, 5.41) is 13.0. The van der Waals surface area contributed by atoms with Gasteiger partial charge in [-0.05, 0) is 25.8 Å². The van der Waals surface area contributed by atoms with Crippen LogP contribution in [-0.2, 0) is 23.1 Å². The molecule has 1 N–H and O–H groups in total. The second-order valence-corrected chi connectivity index (χ2v) is 5.28. The number of carboxylic acids is 1. The predicted octanol–water partition coefficient (Wildman–Crippen LogP) is 1.15. The molecule has 0 fully saturated rings. The molecule has 0 bridgehead atoms. The van der Waals surface area contributed by atoms with E-state index in [1.165, 1.54) is 4.90 Å². The Labute approximate surface area is 119 Å². The van der Waals surface area contributed by atoms with E-state index >= 15 is 0 Å². The highest BCUT2D eigenvalue weighted by Crippen LogP contribution is 2.18. The van der Waals surface area contributed by atoms with Crippen LogP contribution in [0.25, 0.3) is 0 Å². The number of nitrogens with zero attached hydrogens (tertiary/aromatic N) is 3. The molecule has 0 spiro atoms. The van der Waals surface area contributed by atoms with Crippen LogP contribution in [0.1, 0.15) is 30.3 Å². The van der Waals surface area contributed by atoms with Crippen molar-refractivity contribution in [3.63, 3.8) is 0 Å². The molecule has 1 amide bonds. The van der Waals surface area contributed by atoms with Gasteiger partial charge in [-0.15, -0.1) is 0 Å². The SMILES string of the molecule is Cc1nn(C)c(C)c1CC(C)C(=O)N(C)CCC(=O)O. The number of hydrogen-bond acceptors (Lipinski definition) is 3. The van der Waals surface area contributed by atoms with E-state index in [-0.39, 0.29) is 24.8 Å². The molecule has 6 nitrogen and oxygen atoms in total. The third kappa shape index (κ3) is 3.82. The minimum Gasteiger partial charge on any atom is -0.481 e. The zero-order valence-corrected chi connectivity index (χ0v) is 12.8. The summed E-state index contributed by atoms with van der Waals surface area (Å²) in [7, 11) is 3.53. The fraction of sp³-hybridized carbons (Fsp3) is 0.643. The van der Waals surface area contributed by atoms with Gasteiger partial charge in [0, 0.05) is 32.3 Å². The van der Waals surface area contributed by atoms with E-state index < -0.39 is 5.97 Å². The van der Waals surface area contributed by atoms with Crippen molar-refractivity contribution in [2.24, 2.45) is 13.0 Å². The monoisotopic (exact) mass is 281 g/mol. The van der Waals surface area contributed by atoms with Gasteiger partial charge in [0.2, 0.25) is 5.91 Å². The topological polar surface area (TPSA) is 75.4 Å².